The molecule has 0 saturated carbocycles. The fourth-order valence-electron chi connectivity index (χ4n) is 3.01. The Morgan fingerprint density at radius 3 is 1.64 bits per heavy atom. The molecule has 1 amide bonds. The largest absolute Gasteiger partial charge is 0.321 e. The second-order valence-electron chi connectivity index (χ2n) is 7.89. The SMILES string of the molecule is Cc1ccc(C(=O)CSC(SCC(=O)c2ccc(C)cc2)=C(C#N)C(=O)Nc2ccc(Cl)cc2)cc1. The number of hydrogen-bond acceptors (Lipinski definition) is 6. The Morgan fingerprint density at radius 2 is 1.22 bits per heavy atom. The van der Waals surface area contributed by atoms with Crippen LogP contribution in [0.25, 0.3) is 0 Å². The Bertz CT molecular complexity index is 1260. The molecule has 0 aliphatic heterocycles. The third-order valence-corrected chi connectivity index (χ3v) is 7.77. The van der Waals surface area contributed by atoms with Crippen molar-refractivity contribution in [2.45, 2.75) is 13.8 Å². The number of Topliss-reactive ketones (excluding diaryl/α,β-unsaturated/α-hetero) is 2. The first-order chi connectivity index (χ1) is 17.3. The van der Waals surface area contributed by atoms with Crippen molar-refractivity contribution in [2.24, 2.45) is 0 Å². The van der Waals surface area contributed by atoms with Gasteiger partial charge in [0.25, 0.3) is 5.91 Å². The molecule has 0 aliphatic carbocycles. The number of aryl methyl sites for hydroxylation is 2. The predicted molar refractivity (Wildman–Crippen MR) is 149 cm³/mol. The Balaban J connectivity index is 1.81. The van der Waals surface area contributed by atoms with Crippen molar-refractivity contribution in [3.05, 3.63) is 110 Å². The van der Waals surface area contributed by atoms with Crippen LogP contribution in [0.3, 0.4) is 0 Å². The molecule has 0 bridgehead atoms. The summed E-state index contributed by atoms with van der Waals surface area (Å²) in [5.41, 5.74) is 3.46. The molecule has 0 radical (unpaired) electrons. The number of thioether (sulfide) groups is 2. The highest BCUT2D eigenvalue weighted by Gasteiger charge is 2.20. The molecular weight excluding hydrogens is 512 g/mol. The third-order valence-electron chi connectivity index (χ3n) is 5.06. The minimum atomic E-state index is -0.625. The first-order valence-electron chi connectivity index (χ1n) is 10.9. The summed E-state index contributed by atoms with van der Waals surface area (Å²) in [5, 5.41) is 13.0. The Kier molecular flexibility index (Phi) is 9.95. The average molecular weight is 535 g/mol. The summed E-state index contributed by atoms with van der Waals surface area (Å²) < 4.78 is 0.310. The highest BCUT2D eigenvalue weighted by Crippen LogP contribution is 2.33. The van der Waals surface area contributed by atoms with Crippen LogP contribution in [0.5, 0.6) is 0 Å². The van der Waals surface area contributed by atoms with Gasteiger partial charge in [-0.05, 0) is 38.1 Å². The number of hydrogen-bond donors (Lipinski definition) is 1. The van der Waals surface area contributed by atoms with Crippen LogP contribution in [0.4, 0.5) is 5.69 Å². The maximum Gasteiger partial charge on any atom is 0.268 e. The van der Waals surface area contributed by atoms with E-state index in [-0.39, 0.29) is 28.6 Å². The van der Waals surface area contributed by atoms with Crippen LogP contribution in [-0.4, -0.2) is 29.0 Å². The van der Waals surface area contributed by atoms with E-state index in [4.69, 9.17) is 11.6 Å². The number of amides is 1. The van der Waals surface area contributed by atoms with Gasteiger partial charge in [0.2, 0.25) is 0 Å². The standard InChI is InChI=1S/C28H23ClN2O3S2/c1-18-3-7-20(8-4-18)25(32)16-35-28(36-17-26(33)21-9-5-19(2)6-10-21)24(15-30)27(34)31-23-13-11-22(29)12-14-23/h3-14H,16-17H2,1-2H3,(H,31,34). The summed E-state index contributed by atoms with van der Waals surface area (Å²) in [6.07, 6.45) is 0. The van der Waals surface area contributed by atoms with E-state index in [1.165, 1.54) is 0 Å². The molecule has 3 aromatic carbocycles. The van der Waals surface area contributed by atoms with Crippen molar-refractivity contribution in [3.8, 4) is 6.07 Å². The minimum Gasteiger partial charge on any atom is -0.321 e. The number of ketones is 2. The molecule has 36 heavy (non-hydrogen) atoms. The van der Waals surface area contributed by atoms with Gasteiger partial charge in [-0.15, -0.1) is 23.5 Å². The van der Waals surface area contributed by atoms with Gasteiger partial charge >= 0.3 is 0 Å². The van der Waals surface area contributed by atoms with Gasteiger partial charge in [-0.1, -0.05) is 71.3 Å². The van der Waals surface area contributed by atoms with Crippen LogP contribution >= 0.6 is 35.1 Å². The zero-order valence-corrected chi connectivity index (χ0v) is 22.1. The summed E-state index contributed by atoms with van der Waals surface area (Å²) in [6, 6.07) is 22.8. The van der Waals surface area contributed by atoms with Gasteiger partial charge < -0.3 is 5.32 Å². The maximum absolute atomic E-state index is 13.0. The molecule has 0 saturated heterocycles. The van der Waals surface area contributed by atoms with E-state index in [1.54, 1.807) is 48.5 Å². The lowest BCUT2D eigenvalue weighted by molar-refractivity contribution is -0.112. The minimum absolute atomic E-state index is 0.0174. The molecule has 0 aromatic heterocycles. The number of carbonyl (C=O) groups excluding carboxylic acids is 3. The molecule has 0 heterocycles. The average Bonchev–Trinajstić information content (AvgIpc) is 2.87. The number of nitriles is 1. The van der Waals surface area contributed by atoms with Gasteiger partial charge in [-0.3, -0.25) is 14.4 Å². The van der Waals surface area contributed by atoms with Gasteiger partial charge in [-0.25, -0.2) is 0 Å². The van der Waals surface area contributed by atoms with Crippen molar-refractivity contribution in [1.82, 2.24) is 0 Å². The van der Waals surface area contributed by atoms with Gasteiger partial charge in [0.15, 0.2) is 11.6 Å². The summed E-state index contributed by atoms with van der Waals surface area (Å²) in [6.45, 7) is 3.87. The van der Waals surface area contributed by atoms with Crippen molar-refractivity contribution < 1.29 is 14.4 Å². The summed E-state index contributed by atoms with van der Waals surface area (Å²) in [7, 11) is 0. The van der Waals surface area contributed by atoms with E-state index in [0.717, 1.165) is 34.7 Å². The van der Waals surface area contributed by atoms with Crippen LogP contribution in [0.2, 0.25) is 5.02 Å². The van der Waals surface area contributed by atoms with Crippen LogP contribution in [0, 0.1) is 25.2 Å². The normalized spacial score (nSPS) is 10.3. The topological polar surface area (TPSA) is 87.0 Å². The van der Waals surface area contributed by atoms with Gasteiger partial charge in [0.05, 0.1) is 15.7 Å². The van der Waals surface area contributed by atoms with Gasteiger partial charge in [0, 0.05) is 21.8 Å². The van der Waals surface area contributed by atoms with E-state index >= 15 is 0 Å². The summed E-state index contributed by atoms with van der Waals surface area (Å²) in [4.78, 5) is 38.4. The quantitative estimate of drug-likeness (QED) is 0.174. The number of benzene rings is 3. The van der Waals surface area contributed by atoms with Crippen LogP contribution < -0.4 is 5.32 Å². The first kappa shape index (κ1) is 27.3. The monoisotopic (exact) mass is 534 g/mol. The van der Waals surface area contributed by atoms with E-state index in [1.807, 2.05) is 44.2 Å². The number of nitrogens with zero attached hydrogens (tertiary/aromatic N) is 1. The van der Waals surface area contributed by atoms with Crippen molar-refractivity contribution in [1.29, 1.82) is 5.26 Å². The lowest BCUT2D eigenvalue weighted by Gasteiger charge is -2.11. The molecule has 182 valence electrons. The maximum atomic E-state index is 13.0. The lowest BCUT2D eigenvalue weighted by atomic mass is 10.1. The molecule has 0 spiro atoms. The third kappa shape index (κ3) is 7.85. The molecule has 5 nitrogen and oxygen atoms in total. The van der Waals surface area contributed by atoms with Gasteiger partial charge in [-0.2, -0.15) is 5.26 Å². The summed E-state index contributed by atoms with van der Waals surface area (Å²) >= 11 is 8.06. The van der Waals surface area contributed by atoms with E-state index in [2.05, 4.69) is 5.32 Å². The smallest absolute Gasteiger partial charge is 0.268 e. The van der Waals surface area contributed by atoms with Gasteiger partial charge in [0.1, 0.15) is 11.6 Å². The van der Waals surface area contributed by atoms with Crippen molar-refractivity contribution in [3.63, 3.8) is 0 Å². The fourth-order valence-corrected chi connectivity index (χ4v) is 5.25. The van der Waals surface area contributed by atoms with Crippen LogP contribution in [-0.2, 0) is 4.79 Å². The highest BCUT2D eigenvalue weighted by molar-refractivity contribution is 8.22. The number of halogens is 1. The second-order valence-corrected chi connectivity index (χ2v) is 10.6. The Labute approximate surface area is 223 Å². The number of rotatable bonds is 10. The molecule has 0 unspecified atom stereocenters. The molecule has 0 fully saturated rings. The molecular formula is C28H23ClN2O3S2. The van der Waals surface area contributed by atoms with E-state index < -0.39 is 5.91 Å². The molecule has 1 N–H and O–H groups in total. The fraction of sp³-hybridized carbons (Fsp3) is 0.143. The zero-order chi connectivity index (χ0) is 26.1. The predicted octanol–water partition coefficient (Wildman–Crippen LogP) is 6.86. The highest BCUT2D eigenvalue weighted by atomic mass is 35.5. The van der Waals surface area contributed by atoms with Crippen molar-refractivity contribution >= 4 is 58.3 Å². The number of nitrogens with one attached hydrogen (secondary N) is 1. The molecule has 3 aromatic rings. The van der Waals surface area contributed by atoms with E-state index in [0.29, 0.717) is 26.1 Å². The van der Waals surface area contributed by atoms with E-state index in [9.17, 15) is 19.6 Å². The molecule has 8 heteroatoms. The zero-order valence-electron chi connectivity index (χ0n) is 19.7. The van der Waals surface area contributed by atoms with Crippen LogP contribution in [0.1, 0.15) is 31.8 Å². The number of anilines is 1. The van der Waals surface area contributed by atoms with Crippen LogP contribution in [0.15, 0.2) is 82.6 Å². The summed E-state index contributed by atoms with van der Waals surface area (Å²) in [5.74, 6) is -0.871. The molecule has 3 rings (SSSR count). The molecule has 0 aliphatic rings. The lowest BCUT2D eigenvalue weighted by Crippen LogP contribution is -2.15. The van der Waals surface area contributed by atoms with Crippen molar-refractivity contribution in [2.75, 3.05) is 16.8 Å². The Morgan fingerprint density at radius 1 is 0.778 bits per heavy atom. The Hall–Kier alpha value is -3.31. The number of carbonyl (C=O) groups is 3. The second kappa shape index (κ2) is 13.1. The molecule has 0 atom stereocenters. The first-order valence-corrected chi connectivity index (χ1v) is 13.3.